The molecular formula is C13H26N3O2PS. The lowest BCUT2D eigenvalue weighted by molar-refractivity contribution is -0.254. The van der Waals surface area contributed by atoms with Crippen LogP contribution in [0.25, 0.3) is 0 Å². The van der Waals surface area contributed by atoms with Crippen LogP contribution in [0, 0.1) is 0 Å². The molecule has 0 unspecified atom stereocenters. The van der Waals surface area contributed by atoms with Gasteiger partial charge in [0.2, 0.25) is 6.57 Å². The van der Waals surface area contributed by atoms with Crippen molar-refractivity contribution in [1.82, 2.24) is 14.4 Å². The van der Waals surface area contributed by atoms with E-state index >= 15 is 0 Å². The highest BCUT2D eigenvalue weighted by Crippen LogP contribution is 2.63. The Morgan fingerprint density at radius 2 is 1.40 bits per heavy atom. The summed E-state index contributed by atoms with van der Waals surface area (Å²) in [4.78, 5) is 0. The summed E-state index contributed by atoms with van der Waals surface area (Å²) in [5, 5.41) is 11.9. The maximum absolute atomic E-state index is 10.4. The summed E-state index contributed by atoms with van der Waals surface area (Å²) < 4.78 is 11.1. The third-order valence-electron chi connectivity index (χ3n) is 4.45. The smallest absolute Gasteiger partial charge is 0.203 e. The minimum atomic E-state index is -1.94. The molecule has 20 heavy (non-hydrogen) atoms. The molecule has 7 heteroatoms. The van der Waals surface area contributed by atoms with E-state index in [4.69, 9.17) is 16.3 Å². The first-order valence-electron chi connectivity index (χ1n) is 7.44. The Kier molecular flexibility index (Phi) is 3.62. The van der Waals surface area contributed by atoms with Crippen molar-refractivity contribution in [3.05, 3.63) is 0 Å². The quantitative estimate of drug-likeness (QED) is 0.633. The van der Waals surface area contributed by atoms with Crippen LogP contribution in [0.2, 0.25) is 0 Å². The standard InChI is InChI=1S/C13H26N3O2PS/c1-12(2)9-11(10-13(3,4)16(12)17)18-19(20,14-5-6-14)15-7-8-15/h11,17H,5-10H2,1-4H3. The Labute approximate surface area is 127 Å². The van der Waals surface area contributed by atoms with Gasteiger partial charge in [-0.3, -0.25) is 0 Å². The second-order valence-corrected chi connectivity index (χ2v) is 11.2. The summed E-state index contributed by atoms with van der Waals surface area (Å²) in [7, 11) is 0. The molecular weight excluding hydrogens is 293 g/mol. The molecule has 3 aliphatic heterocycles. The minimum Gasteiger partial charge on any atom is -0.323 e. The summed E-state index contributed by atoms with van der Waals surface area (Å²) in [6, 6.07) is 0. The van der Waals surface area contributed by atoms with Gasteiger partial charge in [-0.2, -0.15) is 5.06 Å². The molecule has 0 aromatic rings. The van der Waals surface area contributed by atoms with Gasteiger partial charge in [-0.1, -0.05) is 0 Å². The monoisotopic (exact) mass is 319 g/mol. The summed E-state index contributed by atoms with van der Waals surface area (Å²) in [6.07, 6.45) is 1.79. The second-order valence-electron chi connectivity index (χ2n) is 7.47. The number of nitrogens with zero attached hydrogens (tertiary/aromatic N) is 3. The number of hydrogen-bond donors (Lipinski definition) is 1. The van der Waals surface area contributed by atoms with Gasteiger partial charge >= 0.3 is 0 Å². The molecule has 0 spiro atoms. The van der Waals surface area contributed by atoms with Gasteiger partial charge in [-0.05, 0) is 52.3 Å². The van der Waals surface area contributed by atoms with Crippen LogP contribution in [0.1, 0.15) is 40.5 Å². The van der Waals surface area contributed by atoms with Crippen molar-refractivity contribution in [1.29, 1.82) is 0 Å². The third kappa shape index (κ3) is 2.72. The highest BCUT2D eigenvalue weighted by molar-refractivity contribution is 8.10. The second kappa shape index (κ2) is 4.72. The third-order valence-corrected chi connectivity index (χ3v) is 8.90. The zero-order chi connectivity index (χ0) is 14.8. The fourth-order valence-electron chi connectivity index (χ4n) is 3.35. The SMILES string of the molecule is CC1(C)CC(OP(=S)(N2CC2)N2CC2)CC(C)(C)N1O. The molecule has 3 fully saturated rings. The molecule has 1 N–H and O–H groups in total. The first-order valence-corrected chi connectivity index (χ1v) is 10.1. The van der Waals surface area contributed by atoms with Gasteiger partial charge in [0.15, 0.2) is 0 Å². The maximum Gasteiger partial charge on any atom is 0.203 e. The van der Waals surface area contributed by atoms with E-state index in [2.05, 4.69) is 37.0 Å². The van der Waals surface area contributed by atoms with Crippen LogP contribution >= 0.6 is 6.57 Å². The molecule has 0 aromatic carbocycles. The van der Waals surface area contributed by atoms with E-state index in [1.165, 1.54) is 5.06 Å². The van der Waals surface area contributed by atoms with Crippen molar-refractivity contribution in [2.24, 2.45) is 0 Å². The summed E-state index contributed by atoms with van der Waals surface area (Å²) in [6.45, 7) is 10.7. The van der Waals surface area contributed by atoms with E-state index in [1.54, 1.807) is 0 Å². The fraction of sp³-hybridized carbons (Fsp3) is 1.00. The zero-order valence-electron chi connectivity index (χ0n) is 12.9. The molecule has 0 saturated carbocycles. The van der Waals surface area contributed by atoms with Gasteiger partial charge in [0.1, 0.15) is 0 Å². The molecule has 3 heterocycles. The Morgan fingerprint density at radius 3 is 1.75 bits per heavy atom. The Morgan fingerprint density at radius 1 is 1.00 bits per heavy atom. The van der Waals surface area contributed by atoms with E-state index < -0.39 is 6.57 Å². The summed E-state index contributed by atoms with van der Waals surface area (Å²) in [5.41, 5.74) is -0.547. The fourth-order valence-corrected chi connectivity index (χ4v) is 7.05. The van der Waals surface area contributed by atoms with Crippen LogP contribution in [0.3, 0.4) is 0 Å². The van der Waals surface area contributed by atoms with Gasteiger partial charge in [0.05, 0.1) is 6.10 Å². The predicted molar refractivity (Wildman–Crippen MR) is 83.3 cm³/mol. The maximum atomic E-state index is 10.4. The van der Waals surface area contributed by atoms with E-state index in [1.807, 2.05) is 0 Å². The Balaban J connectivity index is 1.75. The molecule has 0 bridgehead atoms. The lowest BCUT2D eigenvalue weighted by atomic mass is 9.80. The number of rotatable bonds is 4. The van der Waals surface area contributed by atoms with Crippen molar-refractivity contribution < 1.29 is 9.73 Å². The molecule has 5 nitrogen and oxygen atoms in total. The zero-order valence-corrected chi connectivity index (χ0v) is 14.6. The highest BCUT2D eigenvalue weighted by atomic mass is 32.5. The molecule has 0 aromatic heterocycles. The molecule has 3 saturated heterocycles. The average Bonchev–Trinajstić information content (AvgIpc) is 3.15. The number of piperidine rings is 1. The molecule has 116 valence electrons. The Hall–Kier alpha value is 0.450. The highest BCUT2D eigenvalue weighted by Gasteiger charge is 2.51. The summed E-state index contributed by atoms with van der Waals surface area (Å²) in [5.74, 6) is 0. The number of hydrogen-bond acceptors (Lipinski definition) is 4. The van der Waals surface area contributed by atoms with Gasteiger partial charge in [0, 0.05) is 37.3 Å². The first kappa shape index (κ1) is 15.3. The lowest BCUT2D eigenvalue weighted by Crippen LogP contribution is -2.60. The van der Waals surface area contributed by atoms with Crippen molar-refractivity contribution in [2.45, 2.75) is 57.7 Å². The lowest BCUT2D eigenvalue weighted by Gasteiger charge is -2.51. The molecule has 3 aliphatic rings. The first-order chi connectivity index (χ1) is 9.15. The van der Waals surface area contributed by atoms with Gasteiger partial charge in [-0.25, -0.2) is 9.34 Å². The molecule has 0 atom stereocenters. The predicted octanol–water partition coefficient (Wildman–Crippen LogP) is 2.27. The minimum absolute atomic E-state index is 0.135. The van der Waals surface area contributed by atoms with Gasteiger partial charge in [-0.15, -0.1) is 0 Å². The van der Waals surface area contributed by atoms with E-state index in [0.717, 1.165) is 39.0 Å². The van der Waals surface area contributed by atoms with Crippen molar-refractivity contribution in [3.63, 3.8) is 0 Å². The van der Waals surface area contributed by atoms with E-state index in [9.17, 15) is 5.21 Å². The molecule has 3 rings (SSSR count). The molecule has 0 radical (unpaired) electrons. The molecule has 0 aliphatic carbocycles. The van der Waals surface area contributed by atoms with Crippen LogP contribution < -0.4 is 0 Å². The van der Waals surface area contributed by atoms with Crippen LogP contribution in [0.15, 0.2) is 0 Å². The van der Waals surface area contributed by atoms with Crippen LogP contribution in [-0.4, -0.2) is 63.0 Å². The van der Waals surface area contributed by atoms with Crippen molar-refractivity contribution in [3.8, 4) is 0 Å². The number of hydroxylamine groups is 2. The van der Waals surface area contributed by atoms with Crippen LogP contribution in [-0.2, 0) is 16.3 Å². The Bertz CT molecular complexity index is 415. The van der Waals surface area contributed by atoms with Gasteiger partial charge in [0.25, 0.3) is 0 Å². The van der Waals surface area contributed by atoms with Crippen LogP contribution in [0.4, 0.5) is 0 Å². The van der Waals surface area contributed by atoms with Crippen molar-refractivity contribution in [2.75, 3.05) is 26.2 Å². The topological polar surface area (TPSA) is 38.7 Å². The van der Waals surface area contributed by atoms with E-state index in [-0.39, 0.29) is 17.2 Å². The largest absolute Gasteiger partial charge is 0.323 e. The van der Waals surface area contributed by atoms with Crippen LogP contribution in [0.5, 0.6) is 0 Å². The van der Waals surface area contributed by atoms with Crippen molar-refractivity contribution >= 4 is 18.4 Å². The normalized spacial score (nSPS) is 31.4. The summed E-state index contributed by atoms with van der Waals surface area (Å²) >= 11 is 5.90. The van der Waals surface area contributed by atoms with E-state index in [0.29, 0.717) is 0 Å². The molecule has 0 amide bonds. The van der Waals surface area contributed by atoms with Gasteiger partial charge < -0.3 is 9.73 Å². The average molecular weight is 319 g/mol.